The number of methoxy groups -OCH3 is 1. The van der Waals surface area contributed by atoms with E-state index in [-0.39, 0.29) is 5.91 Å². The van der Waals surface area contributed by atoms with E-state index in [0.29, 0.717) is 11.4 Å². The highest BCUT2D eigenvalue weighted by Crippen LogP contribution is 2.29. The number of aromatic nitrogens is 1. The van der Waals surface area contributed by atoms with Crippen molar-refractivity contribution in [2.75, 3.05) is 33.3 Å². The molecule has 3 rings (SSSR count). The van der Waals surface area contributed by atoms with Crippen molar-refractivity contribution in [3.8, 4) is 16.3 Å². The number of hydrogen-bond acceptors (Lipinski definition) is 5. The van der Waals surface area contributed by atoms with E-state index in [0.717, 1.165) is 35.0 Å². The van der Waals surface area contributed by atoms with Crippen molar-refractivity contribution >= 4 is 17.2 Å². The first-order chi connectivity index (χ1) is 12.7. The van der Waals surface area contributed by atoms with Gasteiger partial charge >= 0.3 is 0 Å². The summed E-state index contributed by atoms with van der Waals surface area (Å²) >= 11 is 1.45. The van der Waals surface area contributed by atoms with E-state index < -0.39 is 0 Å². The van der Waals surface area contributed by atoms with Crippen LogP contribution in [-0.2, 0) is 0 Å². The summed E-state index contributed by atoms with van der Waals surface area (Å²) in [6, 6.07) is 7.76. The number of piperidine rings is 1. The van der Waals surface area contributed by atoms with Crippen LogP contribution in [0.15, 0.2) is 24.3 Å². The predicted molar refractivity (Wildman–Crippen MR) is 106 cm³/mol. The fourth-order valence-electron chi connectivity index (χ4n) is 3.23. The topological polar surface area (TPSA) is 54.5 Å². The van der Waals surface area contributed by atoms with Crippen LogP contribution in [0.1, 0.15) is 41.0 Å². The first-order valence-corrected chi connectivity index (χ1v) is 10.1. The number of carbonyl (C=O) groups excluding carboxylic acids is 1. The molecule has 1 amide bonds. The maximum atomic E-state index is 12.5. The lowest BCUT2D eigenvalue weighted by Crippen LogP contribution is -2.33. The second-order valence-electron chi connectivity index (χ2n) is 6.67. The molecule has 1 aromatic heterocycles. The van der Waals surface area contributed by atoms with Crippen molar-refractivity contribution in [3.63, 3.8) is 0 Å². The maximum absolute atomic E-state index is 12.5. The molecule has 2 aromatic rings. The number of amides is 1. The van der Waals surface area contributed by atoms with E-state index >= 15 is 0 Å². The summed E-state index contributed by atoms with van der Waals surface area (Å²) in [6.07, 6.45) is 4.96. The third-order valence-corrected chi connectivity index (χ3v) is 5.93. The summed E-state index contributed by atoms with van der Waals surface area (Å²) in [5, 5.41) is 3.91. The zero-order valence-corrected chi connectivity index (χ0v) is 16.4. The Morgan fingerprint density at radius 1 is 1.23 bits per heavy atom. The molecule has 140 valence electrons. The molecule has 0 atom stereocenters. The van der Waals surface area contributed by atoms with E-state index in [1.165, 1.54) is 43.7 Å². The van der Waals surface area contributed by atoms with Gasteiger partial charge in [-0.15, -0.1) is 11.3 Å². The smallest absolute Gasteiger partial charge is 0.263 e. The van der Waals surface area contributed by atoms with Crippen LogP contribution < -0.4 is 10.1 Å². The van der Waals surface area contributed by atoms with Crippen molar-refractivity contribution < 1.29 is 9.53 Å². The molecule has 1 aliphatic rings. The Hall–Kier alpha value is -1.92. The molecule has 1 aliphatic heterocycles. The predicted octanol–water partition coefficient (Wildman–Crippen LogP) is 3.73. The Morgan fingerprint density at radius 3 is 2.65 bits per heavy atom. The molecular formula is C20H27N3O2S. The summed E-state index contributed by atoms with van der Waals surface area (Å²) < 4.78 is 5.19. The van der Waals surface area contributed by atoms with Crippen molar-refractivity contribution in [2.24, 2.45) is 0 Å². The molecule has 0 aliphatic carbocycles. The Balaban J connectivity index is 1.53. The molecule has 2 heterocycles. The van der Waals surface area contributed by atoms with Crippen LogP contribution in [-0.4, -0.2) is 49.1 Å². The molecule has 0 radical (unpaired) electrons. The summed E-state index contributed by atoms with van der Waals surface area (Å²) in [5.74, 6) is 0.798. The second kappa shape index (κ2) is 9.14. The number of likely N-dealkylation sites (tertiary alicyclic amines) is 1. The molecule has 1 aromatic carbocycles. The minimum atomic E-state index is -0.0154. The summed E-state index contributed by atoms with van der Waals surface area (Å²) in [6.45, 7) is 6.08. The molecule has 0 bridgehead atoms. The van der Waals surface area contributed by atoms with Crippen molar-refractivity contribution in [3.05, 3.63) is 34.8 Å². The number of rotatable bonds is 7. The number of ether oxygens (including phenoxy) is 1. The molecule has 0 unspecified atom stereocenters. The van der Waals surface area contributed by atoms with Gasteiger partial charge in [-0.05, 0) is 70.1 Å². The third kappa shape index (κ3) is 4.83. The van der Waals surface area contributed by atoms with Crippen LogP contribution in [0.2, 0.25) is 0 Å². The molecular weight excluding hydrogens is 346 g/mol. The molecule has 1 fully saturated rings. The molecule has 5 nitrogen and oxygen atoms in total. The molecule has 1 saturated heterocycles. The van der Waals surface area contributed by atoms with Gasteiger partial charge in [0.25, 0.3) is 5.91 Å². The van der Waals surface area contributed by atoms with Crippen molar-refractivity contribution in [1.82, 2.24) is 15.2 Å². The minimum Gasteiger partial charge on any atom is -0.497 e. The lowest BCUT2D eigenvalue weighted by molar-refractivity contribution is 0.0954. The Kier molecular flexibility index (Phi) is 6.63. The first-order valence-electron chi connectivity index (χ1n) is 9.30. The number of thiazole rings is 1. The SMILES string of the molecule is COc1ccc(-c2nc(C)c(C(=O)NCCCN3CCCCC3)s2)cc1. The van der Waals surface area contributed by atoms with Gasteiger partial charge in [-0.3, -0.25) is 4.79 Å². The van der Waals surface area contributed by atoms with Crippen LogP contribution >= 0.6 is 11.3 Å². The molecule has 0 saturated carbocycles. The molecule has 6 heteroatoms. The number of carbonyl (C=O) groups is 1. The number of aryl methyl sites for hydroxylation is 1. The lowest BCUT2D eigenvalue weighted by atomic mass is 10.1. The van der Waals surface area contributed by atoms with Gasteiger partial charge in [0.05, 0.1) is 12.8 Å². The van der Waals surface area contributed by atoms with Crippen LogP contribution in [0.3, 0.4) is 0 Å². The highest BCUT2D eigenvalue weighted by Gasteiger charge is 2.16. The zero-order chi connectivity index (χ0) is 18.4. The molecule has 0 spiro atoms. The van der Waals surface area contributed by atoms with E-state index in [1.807, 2.05) is 31.2 Å². The minimum absolute atomic E-state index is 0.0154. The first kappa shape index (κ1) is 18.9. The number of benzene rings is 1. The van der Waals surface area contributed by atoms with Crippen LogP contribution in [0, 0.1) is 6.92 Å². The lowest BCUT2D eigenvalue weighted by Gasteiger charge is -2.26. The maximum Gasteiger partial charge on any atom is 0.263 e. The highest BCUT2D eigenvalue weighted by molar-refractivity contribution is 7.17. The number of nitrogens with zero attached hydrogens (tertiary/aromatic N) is 2. The van der Waals surface area contributed by atoms with Gasteiger partial charge in [-0.1, -0.05) is 6.42 Å². The van der Waals surface area contributed by atoms with Gasteiger partial charge in [0.1, 0.15) is 15.6 Å². The largest absolute Gasteiger partial charge is 0.497 e. The second-order valence-corrected chi connectivity index (χ2v) is 7.67. The molecule has 26 heavy (non-hydrogen) atoms. The summed E-state index contributed by atoms with van der Waals surface area (Å²) in [7, 11) is 1.65. The van der Waals surface area contributed by atoms with Gasteiger partial charge in [0.15, 0.2) is 0 Å². The van der Waals surface area contributed by atoms with Crippen molar-refractivity contribution in [1.29, 1.82) is 0 Å². The van der Waals surface area contributed by atoms with Gasteiger partial charge in [0, 0.05) is 12.1 Å². The molecule has 1 N–H and O–H groups in total. The summed E-state index contributed by atoms with van der Waals surface area (Å²) in [4.78, 5) is 20.3. The van der Waals surface area contributed by atoms with E-state index in [4.69, 9.17) is 4.74 Å². The van der Waals surface area contributed by atoms with E-state index in [1.54, 1.807) is 7.11 Å². The fourth-order valence-corrected chi connectivity index (χ4v) is 4.22. The quantitative estimate of drug-likeness (QED) is 0.752. The third-order valence-electron chi connectivity index (χ3n) is 4.73. The number of nitrogens with one attached hydrogen (secondary N) is 1. The van der Waals surface area contributed by atoms with E-state index in [2.05, 4.69) is 15.2 Å². The van der Waals surface area contributed by atoms with E-state index in [9.17, 15) is 4.79 Å². The normalized spacial score (nSPS) is 15.0. The standard InChI is InChI=1S/C20H27N3O2S/c1-15-18(19(24)21-11-6-14-23-12-4-3-5-13-23)26-20(22-15)16-7-9-17(25-2)10-8-16/h7-10H,3-6,11-14H2,1-2H3,(H,21,24). The number of hydrogen-bond donors (Lipinski definition) is 1. The fraction of sp³-hybridized carbons (Fsp3) is 0.500. The average molecular weight is 374 g/mol. The Bertz CT molecular complexity index is 721. The Labute approximate surface area is 159 Å². The van der Waals surface area contributed by atoms with Gasteiger partial charge in [-0.2, -0.15) is 0 Å². The monoisotopic (exact) mass is 373 g/mol. The van der Waals surface area contributed by atoms with Crippen LogP contribution in [0.4, 0.5) is 0 Å². The van der Waals surface area contributed by atoms with Crippen LogP contribution in [0.25, 0.3) is 10.6 Å². The van der Waals surface area contributed by atoms with Crippen molar-refractivity contribution in [2.45, 2.75) is 32.6 Å². The van der Waals surface area contributed by atoms with Gasteiger partial charge < -0.3 is 15.0 Å². The van der Waals surface area contributed by atoms with Crippen LogP contribution in [0.5, 0.6) is 5.75 Å². The highest BCUT2D eigenvalue weighted by atomic mass is 32.1. The summed E-state index contributed by atoms with van der Waals surface area (Å²) in [5.41, 5.74) is 1.79. The van der Waals surface area contributed by atoms with Gasteiger partial charge in [0.2, 0.25) is 0 Å². The average Bonchev–Trinajstić information content (AvgIpc) is 3.08. The van der Waals surface area contributed by atoms with Gasteiger partial charge in [-0.25, -0.2) is 4.98 Å². The Morgan fingerprint density at radius 2 is 1.96 bits per heavy atom. The zero-order valence-electron chi connectivity index (χ0n) is 15.6.